The highest BCUT2D eigenvalue weighted by Gasteiger charge is 2.30. The van der Waals surface area contributed by atoms with Gasteiger partial charge in [-0.25, -0.2) is 8.42 Å². The van der Waals surface area contributed by atoms with Crippen LogP contribution < -0.4 is 0 Å². The van der Waals surface area contributed by atoms with Crippen LogP contribution >= 0.6 is 0 Å². The zero-order chi connectivity index (χ0) is 13.9. The molecule has 0 N–H and O–H groups in total. The molecule has 0 radical (unpaired) electrons. The van der Waals surface area contributed by atoms with Crippen LogP contribution in [0.1, 0.15) is 18.9 Å². The Kier molecular flexibility index (Phi) is 4.20. The Bertz CT molecular complexity index is 592. The van der Waals surface area contributed by atoms with Gasteiger partial charge in [0, 0.05) is 13.1 Å². The second kappa shape index (κ2) is 5.70. The van der Waals surface area contributed by atoms with Crippen molar-refractivity contribution in [1.82, 2.24) is 4.31 Å². The van der Waals surface area contributed by atoms with Crippen LogP contribution in [-0.4, -0.2) is 38.5 Å². The van der Waals surface area contributed by atoms with E-state index in [-0.39, 0.29) is 11.0 Å². The second-order valence-electron chi connectivity index (χ2n) is 4.40. The van der Waals surface area contributed by atoms with Crippen molar-refractivity contribution in [3.63, 3.8) is 0 Å². The first-order valence-electron chi connectivity index (χ1n) is 6.20. The van der Waals surface area contributed by atoms with Crippen LogP contribution in [0.4, 0.5) is 0 Å². The third kappa shape index (κ3) is 2.95. The molecule has 1 aliphatic rings. The van der Waals surface area contributed by atoms with Crippen LogP contribution in [0.25, 0.3) is 0 Å². The number of sulfonamides is 1. The third-order valence-corrected chi connectivity index (χ3v) is 5.02. The first kappa shape index (κ1) is 14.0. The Morgan fingerprint density at radius 3 is 3.00 bits per heavy atom. The highest BCUT2D eigenvalue weighted by Crippen LogP contribution is 2.20. The summed E-state index contributed by atoms with van der Waals surface area (Å²) in [5, 5.41) is 8.84. The largest absolute Gasteiger partial charge is 0.375 e. The van der Waals surface area contributed by atoms with Gasteiger partial charge in [-0.2, -0.15) is 9.57 Å². The molecule has 1 aromatic carbocycles. The predicted molar refractivity (Wildman–Crippen MR) is 69.9 cm³/mol. The second-order valence-corrected chi connectivity index (χ2v) is 6.34. The topological polar surface area (TPSA) is 70.4 Å². The van der Waals surface area contributed by atoms with Crippen LogP contribution in [0.5, 0.6) is 0 Å². The van der Waals surface area contributed by atoms with Crippen LogP contribution in [-0.2, 0) is 14.8 Å². The molecule has 6 heteroatoms. The lowest BCUT2D eigenvalue weighted by Gasteiger charge is -2.31. The first-order chi connectivity index (χ1) is 9.07. The Balaban J connectivity index is 2.29. The molecule has 1 fully saturated rings. The summed E-state index contributed by atoms with van der Waals surface area (Å²) in [6.45, 7) is 3.11. The van der Waals surface area contributed by atoms with E-state index in [1.165, 1.54) is 16.4 Å². The monoisotopic (exact) mass is 280 g/mol. The maximum Gasteiger partial charge on any atom is 0.243 e. The van der Waals surface area contributed by atoms with Gasteiger partial charge in [0.05, 0.1) is 29.2 Å². The molecule has 1 heterocycles. The lowest BCUT2D eigenvalue weighted by Crippen LogP contribution is -2.45. The quantitative estimate of drug-likeness (QED) is 0.838. The lowest BCUT2D eigenvalue weighted by molar-refractivity contribution is -0.00277. The van der Waals surface area contributed by atoms with Gasteiger partial charge in [-0.3, -0.25) is 0 Å². The zero-order valence-corrected chi connectivity index (χ0v) is 11.6. The minimum absolute atomic E-state index is 0.0531. The highest BCUT2D eigenvalue weighted by atomic mass is 32.2. The molecule has 0 amide bonds. The van der Waals surface area contributed by atoms with Crippen molar-refractivity contribution in [3.8, 4) is 6.07 Å². The summed E-state index contributed by atoms with van der Waals surface area (Å²) >= 11 is 0. The standard InChI is InChI=1S/C13H16N2O3S/c1-2-12-10-15(6-7-18-12)19(16,17)13-5-3-4-11(8-13)9-14/h3-5,8,12H,2,6-7,10H2,1H3/t12-/m1/s1. The summed E-state index contributed by atoms with van der Waals surface area (Å²) in [6.07, 6.45) is 0.729. The van der Waals surface area contributed by atoms with Crippen molar-refractivity contribution in [2.75, 3.05) is 19.7 Å². The van der Waals surface area contributed by atoms with Crippen molar-refractivity contribution in [2.24, 2.45) is 0 Å². The van der Waals surface area contributed by atoms with E-state index in [9.17, 15) is 8.42 Å². The van der Waals surface area contributed by atoms with Gasteiger partial charge < -0.3 is 4.74 Å². The number of hydrogen-bond acceptors (Lipinski definition) is 4. The molecule has 19 heavy (non-hydrogen) atoms. The molecule has 0 aliphatic carbocycles. The van der Waals surface area contributed by atoms with Crippen molar-refractivity contribution >= 4 is 10.0 Å². The number of ether oxygens (including phenoxy) is 1. The van der Waals surface area contributed by atoms with Crippen LogP contribution in [0.3, 0.4) is 0 Å². The van der Waals surface area contributed by atoms with Gasteiger partial charge >= 0.3 is 0 Å². The third-order valence-electron chi connectivity index (χ3n) is 3.16. The van der Waals surface area contributed by atoms with Crippen LogP contribution in [0, 0.1) is 11.3 Å². The fourth-order valence-electron chi connectivity index (χ4n) is 2.03. The molecule has 1 aromatic rings. The predicted octanol–water partition coefficient (Wildman–Crippen LogP) is 1.36. The van der Waals surface area contributed by atoms with Gasteiger partial charge in [0.2, 0.25) is 10.0 Å². The lowest BCUT2D eigenvalue weighted by atomic mass is 10.2. The average molecular weight is 280 g/mol. The molecule has 0 saturated carbocycles. The summed E-state index contributed by atoms with van der Waals surface area (Å²) < 4.78 is 31.9. The number of rotatable bonds is 3. The van der Waals surface area contributed by atoms with Gasteiger partial charge in [0.1, 0.15) is 0 Å². The van der Waals surface area contributed by atoms with Gasteiger partial charge in [-0.05, 0) is 24.6 Å². The Morgan fingerprint density at radius 1 is 1.53 bits per heavy atom. The maximum atomic E-state index is 12.5. The summed E-state index contributed by atoms with van der Waals surface area (Å²) in [6, 6.07) is 8.06. The summed E-state index contributed by atoms with van der Waals surface area (Å²) in [5.74, 6) is 0. The van der Waals surface area contributed by atoms with E-state index in [2.05, 4.69) is 0 Å². The molecular formula is C13H16N2O3S. The van der Waals surface area contributed by atoms with E-state index >= 15 is 0 Å². The fourth-order valence-corrected chi connectivity index (χ4v) is 3.53. The van der Waals surface area contributed by atoms with E-state index in [4.69, 9.17) is 10.00 Å². The van der Waals surface area contributed by atoms with Crippen molar-refractivity contribution in [1.29, 1.82) is 5.26 Å². The summed E-state index contributed by atoms with van der Waals surface area (Å²) in [7, 11) is -3.54. The molecule has 1 atom stereocenters. The smallest absolute Gasteiger partial charge is 0.243 e. The van der Waals surface area contributed by atoms with E-state index in [0.717, 1.165) is 6.42 Å². The van der Waals surface area contributed by atoms with Crippen molar-refractivity contribution in [3.05, 3.63) is 29.8 Å². The summed E-state index contributed by atoms with van der Waals surface area (Å²) in [5.41, 5.74) is 0.348. The molecule has 0 unspecified atom stereocenters. The van der Waals surface area contributed by atoms with Crippen molar-refractivity contribution in [2.45, 2.75) is 24.3 Å². The van der Waals surface area contributed by atoms with Gasteiger partial charge in [0.15, 0.2) is 0 Å². The molecule has 0 spiro atoms. The fraction of sp³-hybridized carbons (Fsp3) is 0.462. The molecule has 5 nitrogen and oxygen atoms in total. The minimum Gasteiger partial charge on any atom is -0.375 e. The first-order valence-corrected chi connectivity index (χ1v) is 7.64. The number of hydrogen-bond donors (Lipinski definition) is 0. The minimum atomic E-state index is -3.54. The summed E-state index contributed by atoms with van der Waals surface area (Å²) in [4.78, 5) is 0.170. The van der Waals surface area contributed by atoms with Gasteiger partial charge in [-0.15, -0.1) is 0 Å². The number of nitriles is 1. The average Bonchev–Trinajstić information content (AvgIpc) is 2.47. The number of benzene rings is 1. The highest BCUT2D eigenvalue weighted by molar-refractivity contribution is 7.89. The van der Waals surface area contributed by atoms with Gasteiger partial charge in [-0.1, -0.05) is 13.0 Å². The van der Waals surface area contributed by atoms with Crippen LogP contribution in [0.15, 0.2) is 29.2 Å². The van der Waals surface area contributed by atoms with E-state index in [1.807, 2.05) is 13.0 Å². The molecular weight excluding hydrogens is 264 g/mol. The SMILES string of the molecule is CC[C@@H]1CN(S(=O)(=O)c2cccc(C#N)c2)CCO1. The molecule has 0 bridgehead atoms. The molecule has 0 aromatic heterocycles. The Morgan fingerprint density at radius 2 is 2.32 bits per heavy atom. The van der Waals surface area contributed by atoms with E-state index in [0.29, 0.717) is 25.3 Å². The molecule has 1 aliphatic heterocycles. The Labute approximate surface area is 113 Å². The molecule has 2 rings (SSSR count). The van der Waals surface area contributed by atoms with Crippen LogP contribution in [0.2, 0.25) is 0 Å². The number of morpholine rings is 1. The normalized spacial score (nSPS) is 20.9. The van der Waals surface area contributed by atoms with E-state index < -0.39 is 10.0 Å². The molecule has 1 saturated heterocycles. The maximum absolute atomic E-state index is 12.5. The Hall–Kier alpha value is -1.42. The van der Waals surface area contributed by atoms with E-state index in [1.54, 1.807) is 12.1 Å². The van der Waals surface area contributed by atoms with Gasteiger partial charge in [0.25, 0.3) is 0 Å². The number of nitrogens with zero attached hydrogens (tertiary/aromatic N) is 2. The van der Waals surface area contributed by atoms with Crippen molar-refractivity contribution < 1.29 is 13.2 Å². The molecule has 102 valence electrons. The zero-order valence-electron chi connectivity index (χ0n) is 10.7.